The molecule has 96 valence electrons. The van der Waals surface area contributed by atoms with Gasteiger partial charge in [-0.25, -0.2) is 0 Å². The van der Waals surface area contributed by atoms with Crippen LogP contribution in [0.4, 0.5) is 0 Å². The Labute approximate surface area is 102 Å². The van der Waals surface area contributed by atoms with E-state index < -0.39 is 0 Å². The Morgan fingerprint density at radius 2 is 2.18 bits per heavy atom. The molecular formula is C13H20O4. The predicted octanol–water partition coefficient (Wildman–Crippen LogP) is 1.89. The molecule has 2 rings (SSSR count). The highest BCUT2D eigenvalue weighted by Gasteiger charge is 2.35. The molecule has 0 bridgehead atoms. The molecule has 1 saturated heterocycles. The molecule has 17 heavy (non-hydrogen) atoms. The minimum Gasteiger partial charge on any atom is -0.463 e. The maximum atomic E-state index is 10.7. The summed E-state index contributed by atoms with van der Waals surface area (Å²) < 4.78 is 16.4. The van der Waals surface area contributed by atoms with Crippen LogP contribution in [0.25, 0.3) is 0 Å². The van der Waals surface area contributed by atoms with Crippen LogP contribution in [0.5, 0.6) is 0 Å². The fourth-order valence-corrected chi connectivity index (χ4v) is 2.34. The summed E-state index contributed by atoms with van der Waals surface area (Å²) in [7, 11) is 0. The largest absolute Gasteiger partial charge is 0.463 e. The summed E-state index contributed by atoms with van der Waals surface area (Å²) in [5.74, 6) is 0.728. The fraction of sp³-hybridized carbons (Fsp3) is 0.769. The van der Waals surface area contributed by atoms with Crippen molar-refractivity contribution in [2.24, 2.45) is 11.8 Å². The number of ether oxygens (including phenoxy) is 3. The van der Waals surface area contributed by atoms with Crippen molar-refractivity contribution in [3.05, 3.63) is 12.2 Å². The van der Waals surface area contributed by atoms with Gasteiger partial charge >= 0.3 is 5.97 Å². The lowest BCUT2D eigenvalue weighted by atomic mass is 9.84. The van der Waals surface area contributed by atoms with Gasteiger partial charge in [0, 0.05) is 12.8 Å². The Balaban J connectivity index is 1.80. The first-order valence-electron chi connectivity index (χ1n) is 6.22. The van der Waals surface area contributed by atoms with Gasteiger partial charge in [-0.05, 0) is 18.8 Å². The maximum absolute atomic E-state index is 10.7. The highest BCUT2D eigenvalue weighted by atomic mass is 16.7. The molecule has 1 aliphatic carbocycles. The zero-order chi connectivity index (χ0) is 12.3. The standard InChI is InChI=1S/C13H20O4/c1-9-5-3-4-6-12(9)13-16-8-11(17-13)7-15-10(2)14/h3-4,9,11-13H,5-8H2,1-2H3/t9-,11+,12-,13-/m1/s1. The Morgan fingerprint density at radius 3 is 2.88 bits per heavy atom. The molecule has 2 aliphatic rings. The number of carbonyl (C=O) groups is 1. The quantitative estimate of drug-likeness (QED) is 0.558. The molecule has 0 unspecified atom stereocenters. The summed E-state index contributed by atoms with van der Waals surface area (Å²) in [6.45, 7) is 4.44. The zero-order valence-electron chi connectivity index (χ0n) is 10.4. The highest BCUT2D eigenvalue weighted by molar-refractivity contribution is 5.65. The van der Waals surface area contributed by atoms with E-state index in [2.05, 4.69) is 19.1 Å². The minimum atomic E-state index is -0.272. The lowest BCUT2D eigenvalue weighted by Gasteiger charge is -2.29. The molecule has 0 amide bonds. The number of esters is 1. The van der Waals surface area contributed by atoms with Gasteiger partial charge in [0.1, 0.15) is 12.7 Å². The summed E-state index contributed by atoms with van der Waals surface area (Å²) in [6, 6.07) is 0. The Hall–Kier alpha value is -0.870. The molecule has 0 spiro atoms. The van der Waals surface area contributed by atoms with E-state index in [1.165, 1.54) is 6.92 Å². The van der Waals surface area contributed by atoms with Crippen LogP contribution in [0.3, 0.4) is 0 Å². The molecule has 1 aliphatic heterocycles. The van der Waals surface area contributed by atoms with Crippen LogP contribution >= 0.6 is 0 Å². The van der Waals surface area contributed by atoms with Gasteiger partial charge in [-0.3, -0.25) is 4.79 Å². The molecule has 4 nitrogen and oxygen atoms in total. The SMILES string of the molecule is CC(=O)OC[C@H]1CO[C@@H]([C@@H]2CC=CC[C@H]2C)O1. The van der Waals surface area contributed by atoms with Crippen LogP contribution in [-0.2, 0) is 19.0 Å². The van der Waals surface area contributed by atoms with Crippen LogP contribution in [-0.4, -0.2) is 31.6 Å². The van der Waals surface area contributed by atoms with Crippen LogP contribution in [0.15, 0.2) is 12.2 Å². The molecule has 0 aromatic rings. The van der Waals surface area contributed by atoms with Crippen molar-refractivity contribution < 1.29 is 19.0 Å². The normalized spacial score (nSPS) is 37.1. The molecule has 0 saturated carbocycles. The smallest absolute Gasteiger partial charge is 0.302 e. The second kappa shape index (κ2) is 5.65. The zero-order valence-corrected chi connectivity index (χ0v) is 10.4. The number of allylic oxidation sites excluding steroid dienone is 2. The number of rotatable bonds is 3. The molecule has 0 radical (unpaired) electrons. The second-order valence-electron chi connectivity index (χ2n) is 4.85. The average molecular weight is 240 g/mol. The molecule has 4 atom stereocenters. The van der Waals surface area contributed by atoms with E-state index in [4.69, 9.17) is 14.2 Å². The number of carbonyl (C=O) groups excluding carboxylic acids is 1. The van der Waals surface area contributed by atoms with Gasteiger partial charge in [-0.2, -0.15) is 0 Å². The Bertz CT molecular complexity index is 300. The predicted molar refractivity (Wildman–Crippen MR) is 62.3 cm³/mol. The first kappa shape index (κ1) is 12.6. The minimum absolute atomic E-state index is 0.109. The third-order valence-corrected chi connectivity index (χ3v) is 3.41. The molecule has 0 aromatic heterocycles. The van der Waals surface area contributed by atoms with Crippen molar-refractivity contribution >= 4 is 5.97 Å². The van der Waals surface area contributed by atoms with E-state index in [9.17, 15) is 4.79 Å². The van der Waals surface area contributed by atoms with Crippen molar-refractivity contribution in [3.63, 3.8) is 0 Å². The Morgan fingerprint density at radius 1 is 1.41 bits per heavy atom. The van der Waals surface area contributed by atoms with Gasteiger partial charge in [0.25, 0.3) is 0 Å². The lowest BCUT2D eigenvalue weighted by molar-refractivity contribution is -0.148. The van der Waals surface area contributed by atoms with Gasteiger partial charge < -0.3 is 14.2 Å². The summed E-state index contributed by atoms with van der Waals surface area (Å²) in [5.41, 5.74) is 0. The first-order valence-corrected chi connectivity index (χ1v) is 6.22. The molecule has 4 heteroatoms. The molecule has 0 N–H and O–H groups in total. The Kier molecular flexibility index (Phi) is 4.18. The molecule has 1 heterocycles. The van der Waals surface area contributed by atoms with E-state index in [-0.39, 0.29) is 18.4 Å². The van der Waals surface area contributed by atoms with E-state index >= 15 is 0 Å². The lowest BCUT2D eigenvalue weighted by Crippen LogP contribution is -2.29. The average Bonchev–Trinajstić information content (AvgIpc) is 2.75. The topological polar surface area (TPSA) is 44.8 Å². The molecular weight excluding hydrogens is 220 g/mol. The van der Waals surface area contributed by atoms with Crippen molar-refractivity contribution in [2.45, 2.75) is 39.1 Å². The summed E-state index contributed by atoms with van der Waals surface area (Å²) in [4.78, 5) is 10.7. The van der Waals surface area contributed by atoms with Crippen LogP contribution < -0.4 is 0 Å². The maximum Gasteiger partial charge on any atom is 0.302 e. The summed E-state index contributed by atoms with van der Waals surface area (Å²) >= 11 is 0. The molecule has 0 aromatic carbocycles. The van der Waals surface area contributed by atoms with E-state index in [1.807, 2.05) is 0 Å². The van der Waals surface area contributed by atoms with Gasteiger partial charge in [0.05, 0.1) is 6.61 Å². The van der Waals surface area contributed by atoms with Crippen LogP contribution in [0.1, 0.15) is 26.7 Å². The van der Waals surface area contributed by atoms with Gasteiger partial charge in [0.15, 0.2) is 6.29 Å². The summed E-state index contributed by atoms with van der Waals surface area (Å²) in [6.07, 6.45) is 6.25. The third-order valence-electron chi connectivity index (χ3n) is 3.41. The third kappa shape index (κ3) is 3.30. The van der Waals surface area contributed by atoms with Crippen LogP contribution in [0.2, 0.25) is 0 Å². The summed E-state index contributed by atoms with van der Waals surface area (Å²) in [5, 5.41) is 0. The number of hydrogen-bond acceptors (Lipinski definition) is 4. The molecule has 1 fully saturated rings. The monoisotopic (exact) mass is 240 g/mol. The van der Waals surface area contributed by atoms with E-state index in [0.29, 0.717) is 25.0 Å². The van der Waals surface area contributed by atoms with E-state index in [0.717, 1.165) is 12.8 Å². The van der Waals surface area contributed by atoms with Gasteiger partial charge in [-0.15, -0.1) is 0 Å². The van der Waals surface area contributed by atoms with Crippen molar-refractivity contribution in [1.82, 2.24) is 0 Å². The van der Waals surface area contributed by atoms with E-state index in [1.54, 1.807) is 0 Å². The van der Waals surface area contributed by atoms with Crippen molar-refractivity contribution in [2.75, 3.05) is 13.2 Å². The van der Waals surface area contributed by atoms with Crippen molar-refractivity contribution in [1.29, 1.82) is 0 Å². The van der Waals surface area contributed by atoms with Gasteiger partial charge in [0.2, 0.25) is 0 Å². The fourth-order valence-electron chi connectivity index (χ4n) is 2.34. The first-order chi connectivity index (χ1) is 8.16. The van der Waals surface area contributed by atoms with Crippen LogP contribution in [0, 0.1) is 11.8 Å². The van der Waals surface area contributed by atoms with Gasteiger partial charge in [-0.1, -0.05) is 19.1 Å². The highest BCUT2D eigenvalue weighted by Crippen LogP contribution is 2.32. The number of hydrogen-bond donors (Lipinski definition) is 0. The van der Waals surface area contributed by atoms with Crippen molar-refractivity contribution in [3.8, 4) is 0 Å². The second-order valence-corrected chi connectivity index (χ2v) is 4.85.